The zero-order valence-electron chi connectivity index (χ0n) is 10.6. The lowest BCUT2D eigenvalue weighted by molar-refractivity contribution is -0.127. The van der Waals surface area contributed by atoms with E-state index in [1.165, 1.54) is 5.56 Å². The van der Waals surface area contributed by atoms with Crippen LogP contribution in [0.1, 0.15) is 18.1 Å². The van der Waals surface area contributed by atoms with Crippen LogP contribution < -0.4 is 10.1 Å². The summed E-state index contributed by atoms with van der Waals surface area (Å²) in [6.45, 7) is 9.79. The van der Waals surface area contributed by atoms with Crippen LogP contribution in [0.2, 0.25) is 0 Å². The highest BCUT2D eigenvalue weighted by molar-refractivity contribution is 5.80. The van der Waals surface area contributed by atoms with Crippen LogP contribution >= 0.6 is 0 Å². The van der Waals surface area contributed by atoms with Crippen LogP contribution in [-0.2, 0) is 4.79 Å². The van der Waals surface area contributed by atoms with E-state index in [-0.39, 0.29) is 5.91 Å². The summed E-state index contributed by atoms with van der Waals surface area (Å²) >= 11 is 0. The number of hydrogen-bond acceptors (Lipinski definition) is 2. The zero-order valence-corrected chi connectivity index (χ0v) is 10.6. The summed E-state index contributed by atoms with van der Waals surface area (Å²) in [5, 5.41) is 2.70. The van der Waals surface area contributed by atoms with Crippen molar-refractivity contribution in [1.29, 1.82) is 0 Å². The van der Waals surface area contributed by atoms with Crippen molar-refractivity contribution in [2.45, 2.75) is 26.9 Å². The van der Waals surface area contributed by atoms with Gasteiger partial charge in [0.05, 0.1) is 0 Å². The predicted octanol–water partition coefficient (Wildman–Crippen LogP) is 2.37. The van der Waals surface area contributed by atoms with Gasteiger partial charge in [-0.25, -0.2) is 0 Å². The van der Waals surface area contributed by atoms with E-state index >= 15 is 0 Å². The molecule has 3 heteroatoms. The number of hydrogen-bond donors (Lipinski definition) is 1. The molecule has 0 aliphatic heterocycles. The van der Waals surface area contributed by atoms with Crippen LogP contribution in [-0.4, -0.2) is 18.6 Å². The fraction of sp³-hybridized carbons (Fsp3) is 0.357. The molecule has 0 saturated carbocycles. The van der Waals surface area contributed by atoms with Crippen molar-refractivity contribution < 1.29 is 9.53 Å². The maximum atomic E-state index is 11.6. The second-order valence-electron chi connectivity index (χ2n) is 4.04. The van der Waals surface area contributed by atoms with E-state index < -0.39 is 6.10 Å². The Bertz CT molecular complexity index is 413. The van der Waals surface area contributed by atoms with E-state index in [0.29, 0.717) is 12.3 Å². The van der Waals surface area contributed by atoms with E-state index in [2.05, 4.69) is 11.9 Å². The molecule has 0 aromatic heterocycles. The van der Waals surface area contributed by atoms with Crippen LogP contribution in [0.4, 0.5) is 0 Å². The van der Waals surface area contributed by atoms with Crippen molar-refractivity contribution >= 4 is 5.91 Å². The number of aryl methyl sites for hydroxylation is 2. The molecule has 0 spiro atoms. The molecule has 0 bridgehead atoms. The molecule has 1 aromatic rings. The Morgan fingerprint density at radius 3 is 2.76 bits per heavy atom. The van der Waals surface area contributed by atoms with E-state index in [0.717, 1.165) is 5.56 Å². The van der Waals surface area contributed by atoms with Crippen LogP contribution in [0.3, 0.4) is 0 Å². The number of carbonyl (C=O) groups is 1. The summed E-state index contributed by atoms with van der Waals surface area (Å²) in [4.78, 5) is 11.6. The van der Waals surface area contributed by atoms with Gasteiger partial charge in [-0.15, -0.1) is 6.58 Å². The Morgan fingerprint density at radius 1 is 1.47 bits per heavy atom. The molecular formula is C14H19NO2. The van der Waals surface area contributed by atoms with Gasteiger partial charge in [0.25, 0.3) is 5.91 Å². The van der Waals surface area contributed by atoms with Crippen LogP contribution in [0.25, 0.3) is 0 Å². The molecular weight excluding hydrogens is 214 g/mol. The van der Waals surface area contributed by atoms with Gasteiger partial charge in [0.2, 0.25) is 0 Å². The average molecular weight is 233 g/mol. The Balaban J connectivity index is 2.61. The number of benzene rings is 1. The Morgan fingerprint density at radius 2 is 2.18 bits per heavy atom. The summed E-state index contributed by atoms with van der Waals surface area (Å²) < 4.78 is 5.56. The molecule has 1 amide bonds. The first kappa shape index (κ1) is 13.3. The SMILES string of the molecule is C=CCNC(=O)C(C)Oc1ccc(C)c(C)c1. The normalized spacial score (nSPS) is 11.7. The zero-order chi connectivity index (χ0) is 12.8. The second-order valence-corrected chi connectivity index (χ2v) is 4.04. The van der Waals surface area contributed by atoms with Gasteiger partial charge in [0.1, 0.15) is 5.75 Å². The first-order valence-electron chi connectivity index (χ1n) is 5.67. The molecule has 0 heterocycles. The van der Waals surface area contributed by atoms with Gasteiger partial charge in [-0.2, -0.15) is 0 Å². The number of rotatable bonds is 5. The Kier molecular flexibility index (Phi) is 4.76. The van der Waals surface area contributed by atoms with Crippen molar-refractivity contribution in [3.05, 3.63) is 42.0 Å². The summed E-state index contributed by atoms with van der Waals surface area (Å²) in [5.41, 5.74) is 2.36. The van der Waals surface area contributed by atoms with Crippen LogP contribution in [0.5, 0.6) is 5.75 Å². The molecule has 0 fully saturated rings. The fourth-order valence-electron chi connectivity index (χ4n) is 1.36. The minimum atomic E-state index is -0.503. The molecule has 0 radical (unpaired) electrons. The molecule has 1 N–H and O–H groups in total. The Labute approximate surface area is 102 Å². The highest BCUT2D eigenvalue weighted by atomic mass is 16.5. The largest absolute Gasteiger partial charge is 0.481 e. The quantitative estimate of drug-likeness (QED) is 0.793. The molecule has 0 aliphatic rings. The highest BCUT2D eigenvalue weighted by Gasteiger charge is 2.13. The van der Waals surface area contributed by atoms with Gasteiger partial charge in [-0.3, -0.25) is 4.79 Å². The third-order valence-electron chi connectivity index (χ3n) is 2.58. The fourth-order valence-corrected chi connectivity index (χ4v) is 1.36. The minimum Gasteiger partial charge on any atom is -0.481 e. The first-order chi connectivity index (χ1) is 8.04. The predicted molar refractivity (Wildman–Crippen MR) is 69.2 cm³/mol. The van der Waals surface area contributed by atoms with Gasteiger partial charge >= 0.3 is 0 Å². The standard InChI is InChI=1S/C14H19NO2/c1-5-8-15-14(16)12(4)17-13-7-6-10(2)11(3)9-13/h5-7,9,12H,1,8H2,2-4H3,(H,15,16). The number of ether oxygens (including phenoxy) is 1. The minimum absolute atomic E-state index is 0.136. The molecule has 1 aromatic carbocycles. The molecule has 1 atom stereocenters. The van der Waals surface area contributed by atoms with Crippen LogP contribution in [0.15, 0.2) is 30.9 Å². The third-order valence-corrected chi connectivity index (χ3v) is 2.58. The maximum Gasteiger partial charge on any atom is 0.261 e. The van der Waals surface area contributed by atoms with E-state index in [9.17, 15) is 4.79 Å². The van der Waals surface area contributed by atoms with Crippen LogP contribution in [0, 0.1) is 13.8 Å². The molecule has 92 valence electrons. The van der Waals surface area contributed by atoms with Gasteiger partial charge < -0.3 is 10.1 Å². The van der Waals surface area contributed by atoms with Crippen molar-refractivity contribution in [3.63, 3.8) is 0 Å². The first-order valence-corrected chi connectivity index (χ1v) is 5.67. The summed E-state index contributed by atoms with van der Waals surface area (Å²) in [5.74, 6) is 0.581. The van der Waals surface area contributed by atoms with Gasteiger partial charge in [-0.05, 0) is 44.0 Å². The van der Waals surface area contributed by atoms with E-state index in [1.54, 1.807) is 13.0 Å². The van der Waals surface area contributed by atoms with Crippen molar-refractivity contribution in [2.75, 3.05) is 6.54 Å². The van der Waals surface area contributed by atoms with Gasteiger partial charge in [0.15, 0.2) is 6.10 Å². The van der Waals surface area contributed by atoms with E-state index in [1.807, 2.05) is 32.0 Å². The number of amides is 1. The van der Waals surface area contributed by atoms with Gasteiger partial charge in [0, 0.05) is 6.54 Å². The molecule has 1 rings (SSSR count). The summed E-state index contributed by atoms with van der Waals surface area (Å²) in [6.07, 6.45) is 1.14. The molecule has 3 nitrogen and oxygen atoms in total. The lowest BCUT2D eigenvalue weighted by Crippen LogP contribution is -2.36. The van der Waals surface area contributed by atoms with Crippen molar-refractivity contribution in [2.24, 2.45) is 0 Å². The van der Waals surface area contributed by atoms with Crippen molar-refractivity contribution in [3.8, 4) is 5.75 Å². The van der Waals surface area contributed by atoms with E-state index in [4.69, 9.17) is 4.74 Å². The maximum absolute atomic E-state index is 11.6. The molecule has 1 unspecified atom stereocenters. The lowest BCUT2D eigenvalue weighted by atomic mass is 10.1. The number of carbonyl (C=O) groups excluding carboxylic acids is 1. The summed E-state index contributed by atoms with van der Waals surface area (Å²) in [7, 11) is 0. The molecule has 0 saturated heterocycles. The third kappa shape index (κ3) is 3.94. The monoisotopic (exact) mass is 233 g/mol. The lowest BCUT2D eigenvalue weighted by Gasteiger charge is -2.14. The number of nitrogens with one attached hydrogen (secondary N) is 1. The molecule has 0 aliphatic carbocycles. The van der Waals surface area contributed by atoms with Crippen molar-refractivity contribution in [1.82, 2.24) is 5.32 Å². The second kappa shape index (κ2) is 6.09. The Hall–Kier alpha value is -1.77. The van der Waals surface area contributed by atoms with Gasteiger partial charge in [-0.1, -0.05) is 12.1 Å². The summed E-state index contributed by atoms with van der Waals surface area (Å²) in [6, 6.07) is 5.80. The molecule has 17 heavy (non-hydrogen) atoms. The average Bonchev–Trinajstić information content (AvgIpc) is 2.30. The topological polar surface area (TPSA) is 38.3 Å². The highest BCUT2D eigenvalue weighted by Crippen LogP contribution is 2.17. The smallest absolute Gasteiger partial charge is 0.261 e.